The van der Waals surface area contributed by atoms with E-state index in [0.717, 1.165) is 12.0 Å². The van der Waals surface area contributed by atoms with Crippen LogP contribution >= 0.6 is 0 Å². The minimum atomic E-state index is -1.00. The number of carboxylic acid groups (broad SMARTS) is 1. The van der Waals surface area contributed by atoms with Crippen molar-refractivity contribution in [2.24, 2.45) is 0 Å². The largest absolute Gasteiger partial charge is 0.465 e. The van der Waals surface area contributed by atoms with E-state index in [-0.39, 0.29) is 30.7 Å². The molecule has 0 saturated carbocycles. The molecule has 4 rings (SSSR count). The Balaban J connectivity index is 1.63. The van der Waals surface area contributed by atoms with E-state index in [1.54, 1.807) is 37.4 Å². The normalized spacial score (nSPS) is 15.3. The minimum Gasteiger partial charge on any atom is -0.465 e. The standard InChI is InChI=1S/C26H30N6O5/c1-3-16-11-12-28-20(14-16)29-24(33)18-9-7-17(8-10-18)21-22(25(34)37-4-2)32(27)23(30-21)19-6-5-13-31(15-19)26(35)36/h7-12,14,19H,3-6,13,15,27H2,1-2H3,(H,35,36)(H,28,29,33). The van der Waals surface area contributed by atoms with Crippen LogP contribution in [-0.2, 0) is 11.2 Å². The van der Waals surface area contributed by atoms with Crippen LogP contribution in [0.1, 0.15) is 64.8 Å². The van der Waals surface area contributed by atoms with Gasteiger partial charge in [-0.3, -0.25) is 4.79 Å². The van der Waals surface area contributed by atoms with Crippen molar-refractivity contribution in [2.45, 2.75) is 39.0 Å². The molecule has 1 unspecified atom stereocenters. The number of nitrogens with zero attached hydrogens (tertiary/aromatic N) is 4. The summed E-state index contributed by atoms with van der Waals surface area (Å²) in [5.41, 5.74) is 2.42. The maximum absolute atomic E-state index is 12.8. The van der Waals surface area contributed by atoms with Crippen LogP contribution in [0.25, 0.3) is 11.3 Å². The number of carbonyl (C=O) groups is 3. The number of ether oxygens (including phenoxy) is 1. The molecule has 1 fully saturated rings. The van der Waals surface area contributed by atoms with Crippen molar-refractivity contribution in [2.75, 3.05) is 30.9 Å². The van der Waals surface area contributed by atoms with E-state index >= 15 is 0 Å². The van der Waals surface area contributed by atoms with Crippen molar-refractivity contribution in [3.8, 4) is 11.3 Å². The minimum absolute atomic E-state index is 0.0714. The smallest absolute Gasteiger partial charge is 0.407 e. The van der Waals surface area contributed by atoms with Gasteiger partial charge in [0, 0.05) is 36.3 Å². The number of amides is 2. The molecule has 11 nitrogen and oxygen atoms in total. The molecule has 3 aromatic rings. The zero-order valence-electron chi connectivity index (χ0n) is 20.8. The molecule has 0 radical (unpaired) electrons. The number of hydrogen-bond acceptors (Lipinski definition) is 7. The van der Waals surface area contributed by atoms with Gasteiger partial charge in [-0.1, -0.05) is 19.1 Å². The average Bonchev–Trinajstić information content (AvgIpc) is 3.26. The Kier molecular flexibility index (Phi) is 7.71. The van der Waals surface area contributed by atoms with E-state index in [0.29, 0.717) is 47.8 Å². The summed E-state index contributed by atoms with van der Waals surface area (Å²) in [5.74, 6) is 5.98. The van der Waals surface area contributed by atoms with Gasteiger partial charge in [0.15, 0.2) is 5.69 Å². The van der Waals surface area contributed by atoms with E-state index in [9.17, 15) is 19.5 Å². The number of esters is 1. The summed E-state index contributed by atoms with van der Waals surface area (Å²) in [7, 11) is 0. The molecule has 3 heterocycles. The Morgan fingerprint density at radius 1 is 1.19 bits per heavy atom. The lowest BCUT2D eigenvalue weighted by Gasteiger charge is -2.30. The zero-order valence-corrected chi connectivity index (χ0v) is 20.8. The number of nitrogen functional groups attached to an aromatic ring is 1. The van der Waals surface area contributed by atoms with Crippen LogP contribution in [0.2, 0.25) is 0 Å². The van der Waals surface area contributed by atoms with Crippen LogP contribution < -0.4 is 11.2 Å². The summed E-state index contributed by atoms with van der Waals surface area (Å²) < 4.78 is 6.43. The highest BCUT2D eigenvalue weighted by Crippen LogP contribution is 2.31. The first-order chi connectivity index (χ1) is 17.8. The monoisotopic (exact) mass is 506 g/mol. The Bertz CT molecular complexity index is 1300. The van der Waals surface area contributed by atoms with Crippen molar-refractivity contribution in [1.82, 2.24) is 19.5 Å². The molecule has 1 atom stereocenters. The Labute approximate surface area is 214 Å². The number of imidazole rings is 1. The number of aryl methyl sites for hydroxylation is 1. The van der Waals surface area contributed by atoms with E-state index < -0.39 is 12.1 Å². The number of anilines is 1. The maximum Gasteiger partial charge on any atom is 0.407 e. The number of likely N-dealkylation sites (tertiary alicyclic amines) is 1. The van der Waals surface area contributed by atoms with Crippen LogP contribution in [-0.4, -0.2) is 62.3 Å². The number of aromatic nitrogens is 3. The van der Waals surface area contributed by atoms with Gasteiger partial charge in [-0.2, -0.15) is 0 Å². The molecule has 0 bridgehead atoms. The number of pyridine rings is 1. The van der Waals surface area contributed by atoms with E-state index in [1.165, 1.54) is 9.58 Å². The third-order valence-electron chi connectivity index (χ3n) is 6.36. The van der Waals surface area contributed by atoms with Gasteiger partial charge < -0.3 is 25.9 Å². The van der Waals surface area contributed by atoms with Crippen molar-refractivity contribution < 1.29 is 24.2 Å². The molecule has 4 N–H and O–H groups in total. The van der Waals surface area contributed by atoms with Crippen molar-refractivity contribution in [3.63, 3.8) is 0 Å². The molecule has 1 saturated heterocycles. The number of carbonyl (C=O) groups excluding carboxylic acids is 2. The third-order valence-corrected chi connectivity index (χ3v) is 6.36. The Morgan fingerprint density at radius 3 is 2.62 bits per heavy atom. The predicted molar refractivity (Wildman–Crippen MR) is 137 cm³/mol. The first kappa shape index (κ1) is 25.7. The Morgan fingerprint density at radius 2 is 1.95 bits per heavy atom. The van der Waals surface area contributed by atoms with Crippen LogP contribution in [0.4, 0.5) is 10.6 Å². The van der Waals surface area contributed by atoms with E-state index in [4.69, 9.17) is 10.6 Å². The average molecular weight is 507 g/mol. The maximum atomic E-state index is 12.8. The van der Waals surface area contributed by atoms with Crippen LogP contribution in [0, 0.1) is 0 Å². The van der Waals surface area contributed by atoms with Gasteiger partial charge in [0.2, 0.25) is 0 Å². The van der Waals surface area contributed by atoms with Gasteiger partial charge in [0.25, 0.3) is 5.91 Å². The lowest BCUT2D eigenvalue weighted by atomic mass is 9.97. The molecule has 194 valence electrons. The van der Waals surface area contributed by atoms with Gasteiger partial charge in [-0.05, 0) is 56.0 Å². The predicted octanol–water partition coefficient (Wildman–Crippen LogP) is 3.51. The lowest BCUT2D eigenvalue weighted by Crippen LogP contribution is -2.39. The molecule has 2 aromatic heterocycles. The highest BCUT2D eigenvalue weighted by atomic mass is 16.5. The molecule has 37 heavy (non-hydrogen) atoms. The molecule has 2 amide bonds. The summed E-state index contributed by atoms with van der Waals surface area (Å²) in [5, 5.41) is 12.2. The highest BCUT2D eigenvalue weighted by Gasteiger charge is 2.32. The summed E-state index contributed by atoms with van der Waals surface area (Å²) in [6.07, 6.45) is 2.82. The molecule has 11 heteroatoms. The van der Waals surface area contributed by atoms with Crippen LogP contribution in [0.3, 0.4) is 0 Å². The van der Waals surface area contributed by atoms with E-state index in [1.807, 2.05) is 19.1 Å². The molecular weight excluding hydrogens is 476 g/mol. The van der Waals surface area contributed by atoms with Crippen molar-refractivity contribution >= 4 is 23.8 Å². The highest BCUT2D eigenvalue weighted by molar-refractivity contribution is 6.04. The molecule has 1 aliphatic heterocycles. The van der Waals surface area contributed by atoms with Crippen LogP contribution in [0.5, 0.6) is 0 Å². The first-order valence-electron chi connectivity index (χ1n) is 12.2. The fourth-order valence-corrected chi connectivity index (χ4v) is 4.43. The topological polar surface area (TPSA) is 153 Å². The molecule has 1 aliphatic rings. The molecule has 0 spiro atoms. The number of benzene rings is 1. The molecule has 1 aromatic carbocycles. The Hall–Kier alpha value is -4.41. The van der Waals surface area contributed by atoms with Crippen molar-refractivity contribution in [3.05, 3.63) is 65.2 Å². The second kappa shape index (κ2) is 11.1. The van der Waals surface area contributed by atoms with Gasteiger partial charge in [0.05, 0.1) is 6.61 Å². The zero-order chi connectivity index (χ0) is 26.5. The lowest BCUT2D eigenvalue weighted by molar-refractivity contribution is 0.0516. The van der Waals surface area contributed by atoms with Crippen molar-refractivity contribution in [1.29, 1.82) is 0 Å². The summed E-state index contributed by atoms with van der Waals surface area (Å²) in [6, 6.07) is 10.3. The third kappa shape index (κ3) is 5.55. The van der Waals surface area contributed by atoms with E-state index in [2.05, 4.69) is 15.3 Å². The second-order valence-corrected chi connectivity index (χ2v) is 8.76. The number of hydrogen-bond donors (Lipinski definition) is 3. The quantitative estimate of drug-likeness (QED) is 0.325. The number of piperidine rings is 1. The molecular formula is C26H30N6O5. The second-order valence-electron chi connectivity index (χ2n) is 8.76. The van der Waals surface area contributed by atoms with Gasteiger partial charge >= 0.3 is 12.1 Å². The fraction of sp³-hybridized carbons (Fsp3) is 0.346. The van der Waals surface area contributed by atoms with Gasteiger partial charge in [-0.15, -0.1) is 0 Å². The summed E-state index contributed by atoms with van der Waals surface area (Å²) >= 11 is 0. The van der Waals surface area contributed by atoms with Gasteiger partial charge in [-0.25, -0.2) is 24.2 Å². The molecule has 0 aliphatic carbocycles. The number of nitrogens with two attached hydrogens (primary N) is 1. The summed E-state index contributed by atoms with van der Waals surface area (Å²) in [4.78, 5) is 47.3. The first-order valence-corrected chi connectivity index (χ1v) is 12.2. The SMILES string of the molecule is CCOC(=O)c1c(-c2ccc(C(=O)Nc3cc(CC)ccn3)cc2)nc(C2CCCN(C(=O)O)C2)n1N. The number of nitrogens with one attached hydrogen (secondary N) is 1. The van der Waals surface area contributed by atoms with Gasteiger partial charge in [0.1, 0.15) is 17.3 Å². The summed E-state index contributed by atoms with van der Waals surface area (Å²) in [6.45, 7) is 4.55. The fourth-order valence-electron chi connectivity index (χ4n) is 4.43. The number of rotatable bonds is 7. The van der Waals surface area contributed by atoms with Crippen LogP contribution in [0.15, 0.2) is 42.6 Å².